The van der Waals surface area contributed by atoms with Crippen LogP contribution in [-0.4, -0.2) is 23.9 Å². The van der Waals surface area contributed by atoms with Gasteiger partial charge in [0, 0.05) is 5.56 Å². The summed E-state index contributed by atoms with van der Waals surface area (Å²) >= 11 is 0. The summed E-state index contributed by atoms with van der Waals surface area (Å²) in [7, 11) is 1.42. The molecule has 0 radical (unpaired) electrons. The van der Waals surface area contributed by atoms with E-state index >= 15 is 0 Å². The number of ether oxygens (including phenoxy) is 2. The highest BCUT2D eigenvalue weighted by atomic mass is 16.6. The lowest BCUT2D eigenvalue weighted by atomic mass is 10.1. The van der Waals surface area contributed by atoms with Crippen molar-refractivity contribution in [1.29, 1.82) is 0 Å². The Morgan fingerprint density at radius 1 is 1.17 bits per heavy atom. The van der Waals surface area contributed by atoms with E-state index in [0.717, 1.165) is 5.56 Å². The van der Waals surface area contributed by atoms with E-state index < -0.39 is 11.0 Å². The quantitative estimate of drug-likeness (QED) is 0.462. The highest BCUT2D eigenvalue weighted by Gasteiger charge is 2.22. The van der Waals surface area contributed by atoms with Crippen LogP contribution < -0.4 is 9.47 Å². The summed E-state index contributed by atoms with van der Waals surface area (Å²) in [6.07, 6.45) is -0.843. The number of Topliss-reactive ketones (excluding diaryl/α,β-unsaturated/α-hetero) is 1. The molecular formula is C17H17NO5. The fraction of sp³-hybridized carbons (Fsp3) is 0.235. The maximum atomic E-state index is 12.3. The van der Waals surface area contributed by atoms with E-state index in [0.29, 0.717) is 11.3 Å². The van der Waals surface area contributed by atoms with Crippen molar-refractivity contribution < 1.29 is 19.2 Å². The summed E-state index contributed by atoms with van der Waals surface area (Å²) in [5.41, 5.74) is 1.30. The smallest absolute Gasteiger partial charge is 0.314 e. The summed E-state index contributed by atoms with van der Waals surface area (Å²) in [6, 6.07) is 11.3. The number of methoxy groups -OCH3 is 1. The molecule has 0 aliphatic carbocycles. The summed E-state index contributed by atoms with van der Waals surface area (Å²) < 4.78 is 10.5. The first kappa shape index (κ1) is 16.5. The Hall–Kier alpha value is -2.89. The van der Waals surface area contributed by atoms with Gasteiger partial charge in [-0.15, -0.1) is 0 Å². The first-order valence-corrected chi connectivity index (χ1v) is 7.02. The van der Waals surface area contributed by atoms with Crippen LogP contribution in [0.1, 0.15) is 22.8 Å². The third-order valence-corrected chi connectivity index (χ3v) is 3.37. The van der Waals surface area contributed by atoms with E-state index in [1.807, 2.05) is 19.1 Å². The van der Waals surface area contributed by atoms with Crippen LogP contribution in [0.25, 0.3) is 0 Å². The molecule has 6 heteroatoms. The second kappa shape index (κ2) is 6.91. The Morgan fingerprint density at radius 3 is 2.39 bits per heavy atom. The van der Waals surface area contributed by atoms with Gasteiger partial charge in [-0.2, -0.15) is 0 Å². The summed E-state index contributed by atoms with van der Waals surface area (Å²) in [5, 5.41) is 11.1. The van der Waals surface area contributed by atoms with Crippen LogP contribution in [0.15, 0.2) is 42.5 Å². The summed E-state index contributed by atoms with van der Waals surface area (Å²) in [6.45, 7) is 3.49. The molecule has 0 saturated carbocycles. The van der Waals surface area contributed by atoms with Gasteiger partial charge < -0.3 is 9.47 Å². The minimum absolute atomic E-state index is 0.0313. The third kappa shape index (κ3) is 3.85. The van der Waals surface area contributed by atoms with Gasteiger partial charge in [-0.3, -0.25) is 14.9 Å². The van der Waals surface area contributed by atoms with Gasteiger partial charge in [-0.05, 0) is 26.0 Å². The molecule has 0 aliphatic heterocycles. The van der Waals surface area contributed by atoms with Gasteiger partial charge in [0.05, 0.1) is 18.1 Å². The first-order valence-electron chi connectivity index (χ1n) is 7.02. The van der Waals surface area contributed by atoms with Gasteiger partial charge in [-0.1, -0.05) is 29.8 Å². The SMILES string of the molecule is COc1ccc(O[C@H](C)C(=O)c2ccc(C)cc2)c([N+](=O)[O-])c1. The van der Waals surface area contributed by atoms with Crippen LogP contribution in [0.4, 0.5) is 5.69 Å². The van der Waals surface area contributed by atoms with Crippen LogP contribution in [0.3, 0.4) is 0 Å². The Morgan fingerprint density at radius 2 is 1.83 bits per heavy atom. The van der Waals surface area contributed by atoms with Crippen LogP contribution in [0, 0.1) is 17.0 Å². The average Bonchev–Trinajstić information content (AvgIpc) is 2.55. The average molecular weight is 315 g/mol. The van der Waals surface area contributed by atoms with E-state index in [-0.39, 0.29) is 17.2 Å². The molecule has 120 valence electrons. The maximum absolute atomic E-state index is 12.3. The number of nitro groups is 1. The molecule has 2 aromatic carbocycles. The fourth-order valence-electron chi connectivity index (χ4n) is 2.06. The highest BCUT2D eigenvalue weighted by Crippen LogP contribution is 2.32. The third-order valence-electron chi connectivity index (χ3n) is 3.37. The number of nitrogens with zero attached hydrogens (tertiary/aromatic N) is 1. The van der Waals surface area contributed by atoms with Crippen LogP contribution >= 0.6 is 0 Å². The standard InChI is InChI=1S/C17H17NO5/c1-11-4-6-13(7-5-11)17(19)12(2)23-16-9-8-14(22-3)10-15(16)18(20)21/h4-10,12H,1-3H3/t12-/m1/s1. The van der Waals surface area contributed by atoms with E-state index in [1.54, 1.807) is 25.1 Å². The fourth-order valence-corrected chi connectivity index (χ4v) is 2.06. The van der Waals surface area contributed by atoms with Gasteiger partial charge >= 0.3 is 5.69 Å². The second-order valence-corrected chi connectivity index (χ2v) is 5.08. The largest absolute Gasteiger partial charge is 0.496 e. The van der Waals surface area contributed by atoms with E-state index in [1.165, 1.54) is 19.2 Å². The van der Waals surface area contributed by atoms with E-state index in [4.69, 9.17) is 9.47 Å². The Bertz CT molecular complexity index is 724. The monoisotopic (exact) mass is 315 g/mol. The molecule has 23 heavy (non-hydrogen) atoms. The molecule has 0 spiro atoms. The van der Waals surface area contributed by atoms with Gasteiger partial charge in [0.15, 0.2) is 11.9 Å². The molecule has 2 rings (SSSR count). The predicted molar refractivity (Wildman–Crippen MR) is 85.2 cm³/mol. The minimum atomic E-state index is -0.843. The van der Waals surface area contributed by atoms with Gasteiger partial charge in [-0.25, -0.2) is 0 Å². The minimum Gasteiger partial charge on any atom is -0.496 e. The molecule has 2 aromatic rings. The zero-order chi connectivity index (χ0) is 17.0. The lowest BCUT2D eigenvalue weighted by molar-refractivity contribution is -0.386. The molecule has 0 saturated heterocycles. The number of hydrogen-bond acceptors (Lipinski definition) is 5. The van der Waals surface area contributed by atoms with Crippen LogP contribution in [-0.2, 0) is 0 Å². The molecule has 0 heterocycles. The maximum Gasteiger partial charge on any atom is 0.314 e. The number of carbonyl (C=O) groups excluding carboxylic acids is 1. The normalized spacial score (nSPS) is 11.6. The zero-order valence-electron chi connectivity index (χ0n) is 13.1. The highest BCUT2D eigenvalue weighted by molar-refractivity contribution is 5.99. The Kier molecular flexibility index (Phi) is 4.95. The number of benzene rings is 2. The molecule has 1 atom stereocenters. The van der Waals surface area contributed by atoms with Gasteiger partial charge in [0.25, 0.3) is 0 Å². The van der Waals surface area contributed by atoms with E-state index in [2.05, 4.69) is 0 Å². The molecule has 6 nitrogen and oxygen atoms in total. The van der Waals surface area contributed by atoms with Crippen molar-refractivity contribution in [3.05, 3.63) is 63.7 Å². The number of ketones is 1. The number of aryl methyl sites for hydroxylation is 1. The summed E-state index contributed by atoms with van der Waals surface area (Å²) in [5.74, 6) is 0.139. The number of hydrogen-bond donors (Lipinski definition) is 0. The molecule has 0 N–H and O–H groups in total. The molecule has 0 bridgehead atoms. The lowest BCUT2D eigenvalue weighted by Gasteiger charge is -2.14. The number of carbonyl (C=O) groups is 1. The number of nitro benzene ring substituents is 1. The van der Waals surface area contributed by atoms with Crippen molar-refractivity contribution in [2.45, 2.75) is 20.0 Å². The van der Waals surface area contributed by atoms with Gasteiger partial charge in [0.2, 0.25) is 5.78 Å². The van der Waals surface area contributed by atoms with Crippen molar-refractivity contribution in [2.24, 2.45) is 0 Å². The summed E-state index contributed by atoms with van der Waals surface area (Å²) in [4.78, 5) is 22.9. The van der Waals surface area contributed by atoms with Crippen molar-refractivity contribution >= 4 is 11.5 Å². The lowest BCUT2D eigenvalue weighted by Crippen LogP contribution is -2.24. The number of rotatable bonds is 6. The molecule has 0 fully saturated rings. The molecule has 0 aliphatic rings. The van der Waals surface area contributed by atoms with Gasteiger partial charge in [0.1, 0.15) is 5.75 Å². The predicted octanol–water partition coefficient (Wildman–Crippen LogP) is 3.56. The van der Waals surface area contributed by atoms with Crippen molar-refractivity contribution in [3.8, 4) is 11.5 Å². The Balaban J connectivity index is 2.22. The van der Waals surface area contributed by atoms with E-state index in [9.17, 15) is 14.9 Å². The molecular weight excluding hydrogens is 298 g/mol. The zero-order valence-corrected chi connectivity index (χ0v) is 13.1. The second-order valence-electron chi connectivity index (χ2n) is 5.08. The van der Waals surface area contributed by atoms with Crippen molar-refractivity contribution in [2.75, 3.05) is 7.11 Å². The first-order chi connectivity index (χ1) is 10.9. The Labute approximate surface area is 133 Å². The topological polar surface area (TPSA) is 78.7 Å². The molecule has 0 unspecified atom stereocenters. The van der Waals surface area contributed by atoms with Crippen LogP contribution in [0.2, 0.25) is 0 Å². The molecule has 0 amide bonds. The van der Waals surface area contributed by atoms with Crippen molar-refractivity contribution in [1.82, 2.24) is 0 Å². The van der Waals surface area contributed by atoms with Crippen molar-refractivity contribution in [3.63, 3.8) is 0 Å². The van der Waals surface area contributed by atoms with Crippen LogP contribution in [0.5, 0.6) is 11.5 Å². The molecule has 0 aromatic heterocycles.